The summed E-state index contributed by atoms with van der Waals surface area (Å²) < 4.78 is 34.2. The Bertz CT molecular complexity index is 974. The molecule has 0 aromatic heterocycles. The summed E-state index contributed by atoms with van der Waals surface area (Å²) in [5.74, 6) is 0.0997. The van der Waals surface area contributed by atoms with Gasteiger partial charge in [-0.2, -0.15) is 0 Å². The number of benzene rings is 2. The summed E-state index contributed by atoms with van der Waals surface area (Å²) in [5.41, 5.74) is 0.262. The number of hydrogen-bond acceptors (Lipinski definition) is 6. The average molecular weight is 417 g/mol. The van der Waals surface area contributed by atoms with Crippen molar-refractivity contribution in [1.82, 2.24) is 4.90 Å². The Hall–Kier alpha value is -2.87. The molecule has 1 aliphatic rings. The lowest BCUT2D eigenvalue weighted by Gasteiger charge is -2.26. The topological polar surface area (TPSA) is 90.0 Å². The van der Waals surface area contributed by atoms with Gasteiger partial charge in [0, 0.05) is 12.6 Å². The van der Waals surface area contributed by atoms with E-state index in [1.54, 1.807) is 43.3 Å². The summed E-state index contributed by atoms with van der Waals surface area (Å²) in [6, 6.07) is 15.3. The van der Waals surface area contributed by atoms with E-state index in [0.29, 0.717) is 24.5 Å². The Labute approximate surface area is 170 Å². The highest BCUT2D eigenvalue weighted by Gasteiger charge is 2.34. The molecular weight excluding hydrogens is 394 g/mol. The number of esters is 1. The fourth-order valence-electron chi connectivity index (χ4n) is 3.26. The van der Waals surface area contributed by atoms with Gasteiger partial charge in [-0.25, -0.2) is 13.2 Å². The SMILES string of the molecule is CCN(C(=O)COC(=O)c1cccc(Oc2ccccc2)c1)[C@@H]1CCS(=O)(=O)C1. The number of sulfone groups is 1. The van der Waals surface area contributed by atoms with Crippen molar-refractivity contribution in [1.29, 1.82) is 0 Å². The summed E-state index contributed by atoms with van der Waals surface area (Å²) in [7, 11) is -3.10. The van der Waals surface area contributed by atoms with E-state index >= 15 is 0 Å². The van der Waals surface area contributed by atoms with E-state index in [2.05, 4.69) is 0 Å². The summed E-state index contributed by atoms with van der Waals surface area (Å²) in [6.07, 6.45) is 0.411. The van der Waals surface area contributed by atoms with Crippen LogP contribution in [-0.4, -0.2) is 55.9 Å². The van der Waals surface area contributed by atoms with Crippen molar-refractivity contribution in [2.75, 3.05) is 24.7 Å². The van der Waals surface area contributed by atoms with Gasteiger partial charge in [-0.05, 0) is 43.7 Å². The van der Waals surface area contributed by atoms with Gasteiger partial charge in [-0.15, -0.1) is 0 Å². The molecule has 7 nitrogen and oxygen atoms in total. The van der Waals surface area contributed by atoms with E-state index in [0.717, 1.165) is 0 Å². The van der Waals surface area contributed by atoms with Gasteiger partial charge < -0.3 is 14.4 Å². The largest absolute Gasteiger partial charge is 0.457 e. The number of ether oxygens (including phenoxy) is 2. The minimum Gasteiger partial charge on any atom is -0.457 e. The van der Waals surface area contributed by atoms with Gasteiger partial charge in [0.15, 0.2) is 16.4 Å². The highest BCUT2D eigenvalue weighted by Crippen LogP contribution is 2.22. The van der Waals surface area contributed by atoms with Crippen LogP contribution in [0.3, 0.4) is 0 Å². The Kier molecular flexibility index (Phi) is 6.53. The molecule has 0 saturated carbocycles. The maximum atomic E-state index is 12.4. The first kappa shape index (κ1) is 20.9. The van der Waals surface area contributed by atoms with Crippen LogP contribution >= 0.6 is 0 Å². The van der Waals surface area contributed by atoms with Crippen molar-refractivity contribution in [3.05, 3.63) is 60.2 Å². The van der Waals surface area contributed by atoms with Crippen LogP contribution in [0.15, 0.2) is 54.6 Å². The highest BCUT2D eigenvalue weighted by atomic mass is 32.2. The van der Waals surface area contributed by atoms with Gasteiger partial charge in [0.25, 0.3) is 5.91 Å². The quantitative estimate of drug-likeness (QED) is 0.644. The van der Waals surface area contributed by atoms with Crippen LogP contribution in [0.2, 0.25) is 0 Å². The molecule has 8 heteroatoms. The molecule has 0 aliphatic carbocycles. The molecule has 154 valence electrons. The Morgan fingerprint density at radius 2 is 1.79 bits per heavy atom. The third-order valence-electron chi connectivity index (χ3n) is 4.69. The highest BCUT2D eigenvalue weighted by molar-refractivity contribution is 7.91. The standard InChI is InChI=1S/C21H23NO6S/c1-2-22(17-11-12-29(25,26)15-17)20(23)14-27-21(24)16-7-6-10-19(13-16)28-18-8-4-3-5-9-18/h3-10,13,17H,2,11-12,14-15H2,1H3/t17-/m1/s1. The van der Waals surface area contributed by atoms with Crippen LogP contribution < -0.4 is 4.74 Å². The second-order valence-electron chi connectivity index (χ2n) is 6.76. The first-order valence-corrected chi connectivity index (χ1v) is 11.2. The molecule has 1 saturated heterocycles. The number of carbonyl (C=O) groups is 2. The van der Waals surface area contributed by atoms with E-state index in [4.69, 9.17) is 9.47 Å². The number of amides is 1. The molecule has 0 spiro atoms. The van der Waals surface area contributed by atoms with Crippen LogP contribution in [0.5, 0.6) is 11.5 Å². The summed E-state index contributed by atoms with van der Waals surface area (Å²) in [4.78, 5) is 26.3. The Balaban J connectivity index is 1.58. The van der Waals surface area contributed by atoms with Crippen molar-refractivity contribution < 1.29 is 27.5 Å². The van der Waals surface area contributed by atoms with Crippen molar-refractivity contribution in [3.8, 4) is 11.5 Å². The molecule has 1 atom stereocenters. The van der Waals surface area contributed by atoms with E-state index in [-0.39, 0.29) is 23.1 Å². The van der Waals surface area contributed by atoms with Crippen molar-refractivity contribution in [2.45, 2.75) is 19.4 Å². The zero-order valence-electron chi connectivity index (χ0n) is 16.1. The van der Waals surface area contributed by atoms with E-state index < -0.39 is 28.3 Å². The van der Waals surface area contributed by atoms with Crippen LogP contribution in [0.25, 0.3) is 0 Å². The summed E-state index contributed by atoms with van der Waals surface area (Å²) in [6.45, 7) is 1.69. The fourth-order valence-corrected chi connectivity index (χ4v) is 4.99. The minimum absolute atomic E-state index is 0.0423. The van der Waals surface area contributed by atoms with E-state index in [1.165, 1.54) is 4.90 Å². The average Bonchev–Trinajstić information content (AvgIpc) is 3.07. The number of likely N-dealkylation sites (N-methyl/N-ethyl adjacent to an activating group) is 1. The number of nitrogens with zero attached hydrogens (tertiary/aromatic N) is 1. The minimum atomic E-state index is -3.10. The van der Waals surface area contributed by atoms with Crippen LogP contribution in [0.1, 0.15) is 23.7 Å². The van der Waals surface area contributed by atoms with E-state index in [9.17, 15) is 18.0 Å². The molecule has 1 amide bonds. The van der Waals surface area contributed by atoms with Crippen molar-refractivity contribution in [3.63, 3.8) is 0 Å². The molecule has 2 aromatic carbocycles. The van der Waals surface area contributed by atoms with Crippen molar-refractivity contribution >= 4 is 21.7 Å². The molecule has 2 aromatic rings. The van der Waals surface area contributed by atoms with Gasteiger partial charge in [-0.3, -0.25) is 4.79 Å². The lowest BCUT2D eigenvalue weighted by molar-refractivity contribution is -0.136. The Morgan fingerprint density at radius 3 is 2.45 bits per heavy atom. The molecule has 0 unspecified atom stereocenters. The van der Waals surface area contributed by atoms with Gasteiger partial charge in [-0.1, -0.05) is 24.3 Å². The maximum absolute atomic E-state index is 12.4. The number of rotatable bonds is 7. The first-order valence-electron chi connectivity index (χ1n) is 9.38. The number of para-hydroxylation sites is 1. The normalized spacial score (nSPS) is 17.5. The molecule has 0 radical (unpaired) electrons. The lowest BCUT2D eigenvalue weighted by Crippen LogP contribution is -2.43. The monoisotopic (exact) mass is 417 g/mol. The van der Waals surface area contributed by atoms with Crippen molar-refractivity contribution in [2.24, 2.45) is 0 Å². The third-order valence-corrected chi connectivity index (χ3v) is 6.44. The van der Waals surface area contributed by atoms with Crippen LogP contribution in [0, 0.1) is 0 Å². The van der Waals surface area contributed by atoms with Crippen LogP contribution in [-0.2, 0) is 19.4 Å². The molecule has 29 heavy (non-hydrogen) atoms. The smallest absolute Gasteiger partial charge is 0.338 e. The van der Waals surface area contributed by atoms with Crippen LogP contribution in [0.4, 0.5) is 0 Å². The molecule has 1 heterocycles. The molecule has 1 fully saturated rings. The van der Waals surface area contributed by atoms with Gasteiger partial charge >= 0.3 is 5.97 Å². The van der Waals surface area contributed by atoms with Gasteiger partial charge in [0.2, 0.25) is 0 Å². The zero-order valence-corrected chi connectivity index (χ0v) is 16.9. The molecule has 1 aliphatic heterocycles. The molecule has 3 rings (SSSR count). The lowest BCUT2D eigenvalue weighted by atomic mass is 10.2. The predicted molar refractivity (Wildman–Crippen MR) is 108 cm³/mol. The predicted octanol–water partition coefficient (Wildman–Crippen LogP) is 2.67. The summed E-state index contributed by atoms with van der Waals surface area (Å²) in [5, 5.41) is 0. The molecule has 0 N–H and O–H groups in total. The Morgan fingerprint density at radius 1 is 1.07 bits per heavy atom. The second-order valence-corrected chi connectivity index (χ2v) is 8.98. The molecular formula is C21H23NO6S. The molecule has 0 bridgehead atoms. The van der Waals surface area contributed by atoms with Gasteiger partial charge in [0.05, 0.1) is 17.1 Å². The maximum Gasteiger partial charge on any atom is 0.338 e. The second kappa shape index (κ2) is 9.09. The zero-order chi connectivity index (χ0) is 20.9. The number of hydrogen-bond donors (Lipinski definition) is 0. The summed E-state index contributed by atoms with van der Waals surface area (Å²) >= 11 is 0. The van der Waals surface area contributed by atoms with E-state index in [1.807, 2.05) is 18.2 Å². The first-order chi connectivity index (χ1) is 13.9. The third kappa shape index (κ3) is 5.57. The number of carbonyl (C=O) groups excluding carboxylic acids is 2. The van der Waals surface area contributed by atoms with Gasteiger partial charge in [0.1, 0.15) is 11.5 Å². The fraction of sp³-hybridized carbons (Fsp3) is 0.333.